The molecule has 0 saturated heterocycles. The largest absolute Gasteiger partial charge is 0.422 e. The third-order valence-electron chi connectivity index (χ3n) is 3.96. The van der Waals surface area contributed by atoms with Gasteiger partial charge in [0.15, 0.2) is 0 Å². The number of hydrogen-bond donors (Lipinski definition) is 1. The summed E-state index contributed by atoms with van der Waals surface area (Å²) in [6, 6.07) is 19.6. The first-order chi connectivity index (χ1) is 15.2. The molecule has 2 aromatic carbocycles. The second kappa shape index (κ2) is 9.55. The number of carbonyl (C=O) groups excluding carboxylic acids is 2. The van der Waals surface area contributed by atoms with Crippen molar-refractivity contribution in [2.45, 2.75) is 6.54 Å². The van der Waals surface area contributed by atoms with Gasteiger partial charge in [-0.05, 0) is 34.4 Å². The van der Waals surface area contributed by atoms with E-state index in [1.807, 2.05) is 30.3 Å². The van der Waals surface area contributed by atoms with E-state index in [-0.39, 0.29) is 6.54 Å². The van der Waals surface area contributed by atoms with E-state index < -0.39 is 11.9 Å². The van der Waals surface area contributed by atoms with E-state index in [0.717, 1.165) is 5.56 Å². The van der Waals surface area contributed by atoms with Gasteiger partial charge >= 0.3 is 5.97 Å². The number of esters is 1. The highest BCUT2D eigenvalue weighted by Gasteiger charge is 2.10. The van der Waals surface area contributed by atoms with E-state index in [2.05, 4.69) is 25.9 Å². The van der Waals surface area contributed by atoms with Gasteiger partial charge in [-0.1, -0.05) is 48.5 Å². The zero-order valence-corrected chi connectivity index (χ0v) is 16.9. The average Bonchev–Trinajstić information content (AvgIpc) is 3.47. The van der Waals surface area contributed by atoms with Gasteiger partial charge in [0.25, 0.3) is 5.91 Å². The highest BCUT2D eigenvalue weighted by molar-refractivity contribution is 7.12. The molecule has 31 heavy (non-hydrogen) atoms. The number of carbonyl (C=O) groups is 2. The van der Waals surface area contributed by atoms with Gasteiger partial charge in [-0.15, -0.1) is 21.5 Å². The molecule has 0 bridgehead atoms. The number of nitrogens with one attached hydrogen (secondary N) is 1. The van der Waals surface area contributed by atoms with E-state index >= 15 is 0 Å². The number of thiophene rings is 1. The van der Waals surface area contributed by atoms with Crippen LogP contribution in [0.4, 0.5) is 0 Å². The van der Waals surface area contributed by atoms with Crippen LogP contribution >= 0.6 is 11.3 Å². The minimum Gasteiger partial charge on any atom is -0.422 e. The van der Waals surface area contributed by atoms with E-state index in [9.17, 15) is 9.59 Å². The maximum atomic E-state index is 12.1. The molecule has 0 unspecified atom stereocenters. The van der Waals surface area contributed by atoms with Crippen LogP contribution in [0.1, 0.15) is 15.2 Å². The molecule has 1 N–H and O–H groups in total. The second-order valence-electron chi connectivity index (χ2n) is 6.24. The Kier molecular flexibility index (Phi) is 6.19. The third kappa shape index (κ3) is 5.46. The summed E-state index contributed by atoms with van der Waals surface area (Å²) in [5.41, 5.74) is 3.87. The van der Waals surface area contributed by atoms with Crippen molar-refractivity contribution in [1.82, 2.24) is 25.6 Å². The summed E-state index contributed by atoms with van der Waals surface area (Å²) in [6.07, 6.45) is 1.45. The summed E-state index contributed by atoms with van der Waals surface area (Å²) in [5.74, 6) is -0.0131. The maximum absolute atomic E-state index is 12.1. The van der Waals surface area contributed by atoms with Gasteiger partial charge in [0.2, 0.25) is 5.82 Å². The van der Waals surface area contributed by atoms with Crippen molar-refractivity contribution in [2.75, 3.05) is 0 Å². The van der Waals surface area contributed by atoms with Crippen molar-refractivity contribution in [2.24, 2.45) is 5.10 Å². The van der Waals surface area contributed by atoms with Crippen LogP contribution in [0.2, 0.25) is 0 Å². The lowest BCUT2D eigenvalue weighted by Gasteiger charge is -2.03. The number of tetrazole rings is 1. The number of rotatable bonds is 7. The number of benzene rings is 2. The summed E-state index contributed by atoms with van der Waals surface area (Å²) in [7, 11) is 0. The number of ether oxygens (including phenoxy) is 1. The zero-order chi connectivity index (χ0) is 21.5. The summed E-state index contributed by atoms with van der Waals surface area (Å²) in [5, 5.41) is 17.7. The number of hydrazone groups is 1. The van der Waals surface area contributed by atoms with Crippen LogP contribution in [-0.2, 0) is 11.3 Å². The van der Waals surface area contributed by atoms with Gasteiger partial charge in [0, 0.05) is 5.56 Å². The van der Waals surface area contributed by atoms with Crippen molar-refractivity contribution >= 4 is 29.4 Å². The molecule has 0 fully saturated rings. The fraction of sp³-hybridized carbons (Fsp3) is 0.0476. The van der Waals surface area contributed by atoms with Crippen LogP contribution in [-0.4, -0.2) is 38.3 Å². The van der Waals surface area contributed by atoms with E-state index in [4.69, 9.17) is 4.74 Å². The topological polar surface area (TPSA) is 111 Å². The lowest BCUT2D eigenvalue weighted by Crippen LogP contribution is -2.24. The molecular formula is C21H16N6O3S. The molecule has 0 radical (unpaired) electrons. The lowest BCUT2D eigenvalue weighted by atomic mass is 10.2. The molecule has 9 nitrogen and oxygen atoms in total. The van der Waals surface area contributed by atoms with Gasteiger partial charge in [-0.3, -0.25) is 4.79 Å². The van der Waals surface area contributed by atoms with E-state index in [1.165, 1.54) is 22.3 Å². The summed E-state index contributed by atoms with van der Waals surface area (Å²) in [4.78, 5) is 25.8. The Bertz CT molecular complexity index is 1200. The molecule has 4 rings (SSSR count). The van der Waals surface area contributed by atoms with Crippen LogP contribution in [0.15, 0.2) is 77.2 Å². The summed E-state index contributed by atoms with van der Waals surface area (Å²) < 4.78 is 5.34. The normalized spacial score (nSPS) is 10.8. The Hall–Kier alpha value is -4.18. The Morgan fingerprint density at radius 1 is 1.10 bits per heavy atom. The average molecular weight is 432 g/mol. The Labute approximate surface area is 181 Å². The summed E-state index contributed by atoms with van der Waals surface area (Å²) in [6.45, 7) is -0.129. The van der Waals surface area contributed by atoms with Crippen LogP contribution in [0.5, 0.6) is 5.75 Å². The van der Waals surface area contributed by atoms with Crippen LogP contribution in [0.3, 0.4) is 0 Å². The molecule has 4 aromatic rings. The zero-order valence-electron chi connectivity index (χ0n) is 16.1. The van der Waals surface area contributed by atoms with Crippen molar-refractivity contribution in [3.8, 4) is 17.1 Å². The molecule has 0 aliphatic heterocycles. The van der Waals surface area contributed by atoms with Gasteiger partial charge in [0.1, 0.15) is 17.2 Å². The second-order valence-corrected chi connectivity index (χ2v) is 7.19. The molecule has 0 saturated carbocycles. The number of hydrogen-bond acceptors (Lipinski definition) is 8. The van der Waals surface area contributed by atoms with Gasteiger partial charge in [0.05, 0.1) is 6.21 Å². The predicted octanol–water partition coefficient (Wildman–Crippen LogP) is 2.77. The molecule has 0 aliphatic rings. The molecule has 2 aromatic heterocycles. The number of aromatic nitrogens is 4. The fourth-order valence-corrected chi connectivity index (χ4v) is 3.16. The molecule has 1 amide bonds. The molecular weight excluding hydrogens is 416 g/mol. The Balaban J connectivity index is 1.31. The maximum Gasteiger partial charge on any atom is 0.353 e. The highest BCUT2D eigenvalue weighted by Crippen LogP contribution is 2.16. The standard InChI is InChI=1S/C21H16N6O3S/c28-19(14-27-25-20(24-26-27)16-7-2-1-3-8-16)23-22-13-15-6-4-9-17(12-15)30-21(29)18-10-5-11-31-18/h1-13H,14H2,(H,23,28)/b22-13+. The fourth-order valence-electron chi connectivity index (χ4n) is 2.57. The minimum atomic E-state index is -0.424. The first kappa shape index (κ1) is 20.1. The molecule has 0 spiro atoms. The third-order valence-corrected chi connectivity index (χ3v) is 4.81. The van der Waals surface area contributed by atoms with Crippen molar-refractivity contribution in [1.29, 1.82) is 0 Å². The quantitative estimate of drug-likeness (QED) is 0.208. The highest BCUT2D eigenvalue weighted by atomic mass is 32.1. The first-order valence-corrected chi connectivity index (χ1v) is 10.1. The summed E-state index contributed by atoms with van der Waals surface area (Å²) >= 11 is 1.31. The SMILES string of the molecule is O=C(Cn1nnc(-c2ccccc2)n1)N/N=C/c1cccc(OC(=O)c2cccs2)c1. The van der Waals surface area contributed by atoms with Crippen molar-refractivity contribution in [3.05, 3.63) is 82.6 Å². The number of nitrogens with zero attached hydrogens (tertiary/aromatic N) is 5. The van der Waals surface area contributed by atoms with E-state index in [0.29, 0.717) is 22.0 Å². The molecule has 0 atom stereocenters. The monoisotopic (exact) mass is 432 g/mol. The van der Waals surface area contributed by atoms with Gasteiger partial charge < -0.3 is 4.74 Å². The predicted molar refractivity (Wildman–Crippen MR) is 115 cm³/mol. The van der Waals surface area contributed by atoms with Crippen LogP contribution in [0, 0.1) is 0 Å². The van der Waals surface area contributed by atoms with Crippen LogP contribution < -0.4 is 10.2 Å². The molecule has 2 heterocycles. The van der Waals surface area contributed by atoms with Crippen LogP contribution in [0.25, 0.3) is 11.4 Å². The lowest BCUT2D eigenvalue weighted by molar-refractivity contribution is -0.122. The van der Waals surface area contributed by atoms with Gasteiger partial charge in [-0.25, -0.2) is 10.2 Å². The Morgan fingerprint density at radius 2 is 1.97 bits per heavy atom. The molecule has 0 aliphatic carbocycles. The Morgan fingerprint density at radius 3 is 2.77 bits per heavy atom. The van der Waals surface area contributed by atoms with Crippen molar-refractivity contribution in [3.63, 3.8) is 0 Å². The van der Waals surface area contributed by atoms with Gasteiger partial charge in [-0.2, -0.15) is 9.90 Å². The minimum absolute atomic E-state index is 0.129. The number of amides is 1. The molecule has 10 heteroatoms. The first-order valence-electron chi connectivity index (χ1n) is 9.18. The smallest absolute Gasteiger partial charge is 0.353 e. The molecule has 154 valence electrons. The van der Waals surface area contributed by atoms with Crippen molar-refractivity contribution < 1.29 is 14.3 Å². The van der Waals surface area contributed by atoms with E-state index in [1.54, 1.807) is 41.8 Å².